The number of halogens is 1. The third kappa shape index (κ3) is 8.90. The van der Waals surface area contributed by atoms with Crippen LogP contribution in [0.1, 0.15) is 81.9 Å². The average molecular weight is 688 g/mol. The van der Waals surface area contributed by atoms with E-state index in [4.69, 9.17) is 9.47 Å². The number of rotatable bonds is 13. The van der Waals surface area contributed by atoms with Crippen molar-refractivity contribution in [3.8, 4) is 30.1 Å². The molecular weight excluding hydrogens is 633 g/mol. The SMILES string of the molecule is C#C.CC.CCN(C(=O)c1cc(F)ccc1Oc1cncnc1N1CC2(CC(Oc3ccnc4c3CN(CCCCNC)CC4)C2)C1)C(C)C. The first-order valence-corrected chi connectivity index (χ1v) is 18.0. The second kappa shape index (κ2) is 18.1. The highest BCUT2D eigenvalue weighted by Gasteiger charge is 2.54. The van der Waals surface area contributed by atoms with Gasteiger partial charge in [0.25, 0.3) is 5.91 Å². The van der Waals surface area contributed by atoms with Crippen molar-refractivity contribution in [3.05, 3.63) is 65.6 Å². The Bertz CT molecular complexity index is 1570. The summed E-state index contributed by atoms with van der Waals surface area (Å²) in [6, 6.07) is 6.04. The molecule has 1 saturated carbocycles. The molecule has 50 heavy (non-hydrogen) atoms. The lowest BCUT2D eigenvalue weighted by Gasteiger charge is -2.59. The van der Waals surface area contributed by atoms with Crippen LogP contribution in [0, 0.1) is 24.1 Å². The number of fused-ring (bicyclic) bond motifs is 1. The Balaban J connectivity index is 0.00000136. The zero-order valence-electron chi connectivity index (χ0n) is 30.6. The van der Waals surface area contributed by atoms with E-state index in [1.54, 1.807) is 11.1 Å². The van der Waals surface area contributed by atoms with Crippen molar-refractivity contribution in [2.45, 2.75) is 85.4 Å². The monoisotopic (exact) mass is 687 g/mol. The topological polar surface area (TPSA) is 96.0 Å². The normalized spacial score (nSPS) is 16.2. The number of ether oxygens (including phenoxy) is 2. The number of aromatic nitrogens is 3. The summed E-state index contributed by atoms with van der Waals surface area (Å²) < 4.78 is 27.1. The number of carbonyl (C=O) groups is 1. The molecule has 0 unspecified atom stereocenters. The summed E-state index contributed by atoms with van der Waals surface area (Å²) in [5, 5.41) is 3.23. The van der Waals surface area contributed by atoms with E-state index in [-0.39, 0.29) is 34.8 Å². The van der Waals surface area contributed by atoms with Crippen molar-refractivity contribution < 1.29 is 18.7 Å². The molecule has 11 heteroatoms. The van der Waals surface area contributed by atoms with Gasteiger partial charge in [0, 0.05) is 68.1 Å². The number of hydrogen-bond donors (Lipinski definition) is 1. The second-order valence-electron chi connectivity index (χ2n) is 13.2. The van der Waals surface area contributed by atoms with Gasteiger partial charge in [0.2, 0.25) is 0 Å². The molecule has 1 N–H and O–H groups in total. The molecule has 3 aliphatic rings. The maximum absolute atomic E-state index is 14.3. The van der Waals surface area contributed by atoms with Crippen LogP contribution in [0.2, 0.25) is 0 Å². The van der Waals surface area contributed by atoms with Crippen LogP contribution in [0.15, 0.2) is 43.0 Å². The van der Waals surface area contributed by atoms with Crippen LogP contribution in [0.5, 0.6) is 17.2 Å². The molecule has 10 nitrogen and oxygen atoms in total. The van der Waals surface area contributed by atoms with E-state index in [2.05, 4.69) is 42.9 Å². The average Bonchev–Trinajstić information content (AvgIpc) is 3.10. The van der Waals surface area contributed by atoms with Crippen LogP contribution in [0.25, 0.3) is 0 Å². The van der Waals surface area contributed by atoms with Crippen molar-refractivity contribution in [3.63, 3.8) is 0 Å². The van der Waals surface area contributed by atoms with Crippen LogP contribution >= 0.6 is 0 Å². The Morgan fingerprint density at radius 3 is 2.58 bits per heavy atom. The van der Waals surface area contributed by atoms with Crippen LogP contribution < -0.4 is 19.7 Å². The highest BCUT2D eigenvalue weighted by molar-refractivity contribution is 5.97. The molecule has 6 rings (SSSR count). The minimum absolute atomic E-state index is 0.0336. The summed E-state index contributed by atoms with van der Waals surface area (Å²) in [7, 11) is 2.00. The number of benzene rings is 1. The fourth-order valence-corrected chi connectivity index (χ4v) is 7.14. The molecule has 3 aromatic rings. The number of amides is 1. The van der Waals surface area contributed by atoms with Gasteiger partial charge in [-0.25, -0.2) is 14.4 Å². The number of hydrogen-bond acceptors (Lipinski definition) is 9. The minimum atomic E-state index is -0.490. The van der Waals surface area contributed by atoms with Crippen LogP contribution in [0.4, 0.5) is 10.2 Å². The predicted molar refractivity (Wildman–Crippen MR) is 196 cm³/mol. The number of carbonyl (C=O) groups excluding carboxylic acids is 1. The third-order valence-corrected chi connectivity index (χ3v) is 9.54. The summed E-state index contributed by atoms with van der Waals surface area (Å²) in [5.41, 5.74) is 2.77. The van der Waals surface area contributed by atoms with Crippen molar-refractivity contribution in [1.29, 1.82) is 0 Å². The molecule has 2 aliphatic heterocycles. The molecule has 1 aliphatic carbocycles. The van der Waals surface area contributed by atoms with Crippen molar-refractivity contribution in [2.75, 3.05) is 51.2 Å². The number of nitrogens with zero attached hydrogens (tertiary/aromatic N) is 6. The van der Waals surface area contributed by atoms with E-state index >= 15 is 0 Å². The Labute approximate surface area is 297 Å². The molecule has 2 fully saturated rings. The number of pyridine rings is 1. The molecule has 0 atom stereocenters. The van der Waals surface area contributed by atoms with Gasteiger partial charge in [-0.1, -0.05) is 13.8 Å². The molecular formula is C39H54FN7O3. The summed E-state index contributed by atoms with van der Waals surface area (Å²) in [6.07, 6.45) is 18.5. The molecule has 0 radical (unpaired) electrons. The maximum atomic E-state index is 14.3. The van der Waals surface area contributed by atoms with Gasteiger partial charge in [-0.2, -0.15) is 0 Å². The number of unbranched alkanes of at least 4 members (excludes halogenated alkanes) is 1. The zero-order valence-corrected chi connectivity index (χ0v) is 30.6. The molecule has 0 bridgehead atoms. The second-order valence-corrected chi connectivity index (χ2v) is 13.2. The largest absolute Gasteiger partial charge is 0.490 e. The van der Waals surface area contributed by atoms with Gasteiger partial charge in [0.15, 0.2) is 11.6 Å². The molecule has 1 saturated heterocycles. The van der Waals surface area contributed by atoms with Gasteiger partial charge in [0.1, 0.15) is 29.7 Å². The molecule has 270 valence electrons. The standard InChI is InChI=1S/C35H46FN7O3.C2H6.C2H2/c1-5-43(24(2)3)34(44)27-16-25(36)8-9-30(27)46-32-19-38-23-40-33(32)42-21-35(22-42)17-26(18-35)45-31-10-13-39-29-11-15-41(20-28(29)31)14-7-6-12-37-4;2*1-2/h8-10,13,16,19,23-24,26,37H,5-7,11-12,14-15,17-18,20-22H2,1-4H3;1-2H3;1-2H. The lowest BCUT2D eigenvalue weighted by molar-refractivity contribution is -0.0352. The summed E-state index contributed by atoms with van der Waals surface area (Å²) in [6.45, 7) is 16.1. The first-order chi connectivity index (χ1) is 24.3. The Hall–Kier alpha value is -4.27. The minimum Gasteiger partial charge on any atom is -0.490 e. The molecule has 1 spiro atoms. The zero-order chi connectivity index (χ0) is 36.3. The van der Waals surface area contributed by atoms with Gasteiger partial charge < -0.3 is 24.6 Å². The molecule has 1 amide bonds. The van der Waals surface area contributed by atoms with Gasteiger partial charge in [-0.3, -0.25) is 14.7 Å². The fraction of sp³-hybridized carbons (Fsp3) is 0.538. The third-order valence-electron chi connectivity index (χ3n) is 9.54. The lowest BCUT2D eigenvalue weighted by Crippen LogP contribution is -2.65. The van der Waals surface area contributed by atoms with E-state index in [0.717, 1.165) is 64.3 Å². The fourth-order valence-electron chi connectivity index (χ4n) is 7.14. The summed E-state index contributed by atoms with van der Waals surface area (Å²) >= 11 is 0. The number of nitrogens with one attached hydrogen (secondary N) is 1. The van der Waals surface area contributed by atoms with Crippen molar-refractivity contribution in [1.82, 2.24) is 30.1 Å². The maximum Gasteiger partial charge on any atom is 0.257 e. The lowest BCUT2D eigenvalue weighted by atomic mass is 9.61. The van der Waals surface area contributed by atoms with E-state index in [9.17, 15) is 9.18 Å². The van der Waals surface area contributed by atoms with Crippen molar-refractivity contribution in [2.24, 2.45) is 5.41 Å². The Morgan fingerprint density at radius 2 is 1.88 bits per heavy atom. The smallest absolute Gasteiger partial charge is 0.257 e. The quantitative estimate of drug-likeness (QED) is 0.163. The first-order valence-electron chi connectivity index (χ1n) is 18.0. The van der Waals surface area contributed by atoms with Gasteiger partial charge in [-0.15, -0.1) is 12.8 Å². The van der Waals surface area contributed by atoms with Crippen LogP contribution in [0.3, 0.4) is 0 Å². The van der Waals surface area contributed by atoms with Crippen LogP contribution in [-0.2, 0) is 13.0 Å². The Kier molecular flexibility index (Phi) is 14.0. The van der Waals surface area contributed by atoms with Gasteiger partial charge in [-0.05, 0) is 90.9 Å². The van der Waals surface area contributed by atoms with E-state index in [0.29, 0.717) is 18.1 Å². The summed E-state index contributed by atoms with van der Waals surface area (Å²) in [4.78, 5) is 33.1. The number of anilines is 1. The van der Waals surface area contributed by atoms with E-state index < -0.39 is 5.82 Å². The first kappa shape index (κ1) is 38.5. The van der Waals surface area contributed by atoms with Crippen molar-refractivity contribution >= 4 is 11.7 Å². The Morgan fingerprint density at radius 1 is 1.12 bits per heavy atom. The van der Waals surface area contributed by atoms with E-state index in [1.165, 1.54) is 48.6 Å². The van der Waals surface area contributed by atoms with Gasteiger partial charge in [0.05, 0.1) is 11.8 Å². The molecule has 4 heterocycles. The molecule has 2 aromatic heterocycles. The number of terminal acetylenes is 1. The molecule has 1 aromatic carbocycles. The van der Waals surface area contributed by atoms with Gasteiger partial charge >= 0.3 is 0 Å². The predicted octanol–water partition coefficient (Wildman–Crippen LogP) is 6.35. The summed E-state index contributed by atoms with van der Waals surface area (Å²) in [5.74, 6) is 1.61. The highest BCUT2D eigenvalue weighted by atomic mass is 19.1. The van der Waals surface area contributed by atoms with E-state index in [1.807, 2.05) is 53.9 Å². The highest BCUT2D eigenvalue weighted by Crippen LogP contribution is 2.52. The van der Waals surface area contributed by atoms with Crippen LogP contribution in [-0.4, -0.2) is 89.1 Å².